The summed E-state index contributed by atoms with van der Waals surface area (Å²) in [4.78, 5) is 17.9. The highest BCUT2D eigenvalue weighted by atomic mass is 31.2. The largest absolute Gasteiger partial charge is 0.471 e. The summed E-state index contributed by atoms with van der Waals surface area (Å²) >= 11 is 0. The molecular formula is C14H32O13P2. The van der Waals surface area contributed by atoms with Crippen molar-refractivity contribution in [1.82, 2.24) is 0 Å². The Kier molecular flexibility index (Phi) is 18.8. The van der Waals surface area contributed by atoms with Crippen molar-refractivity contribution in [3.05, 3.63) is 0 Å². The SMILES string of the molecule is COP(=O)(O)OCCOCCOCCOCCOCCOCCOP(=O)(O)OC. The molecule has 0 rings (SSSR count). The van der Waals surface area contributed by atoms with Gasteiger partial charge in [0.05, 0.1) is 79.3 Å². The highest BCUT2D eigenvalue weighted by molar-refractivity contribution is 7.47. The molecule has 0 aromatic heterocycles. The van der Waals surface area contributed by atoms with E-state index in [1.807, 2.05) is 0 Å². The third-order valence-corrected chi connectivity index (χ3v) is 4.85. The first-order valence-corrected chi connectivity index (χ1v) is 11.8. The molecule has 0 fully saturated rings. The van der Waals surface area contributed by atoms with Crippen LogP contribution in [-0.2, 0) is 50.9 Å². The molecule has 2 atom stereocenters. The van der Waals surface area contributed by atoms with E-state index in [2.05, 4.69) is 18.1 Å². The second-order valence-corrected chi connectivity index (χ2v) is 8.15. The Balaban J connectivity index is 3.15. The second-order valence-electron chi connectivity index (χ2n) is 5.03. The zero-order valence-corrected chi connectivity index (χ0v) is 18.6. The molecule has 0 aromatic rings. The summed E-state index contributed by atoms with van der Waals surface area (Å²) in [6, 6.07) is 0. The Morgan fingerprint density at radius 3 is 0.897 bits per heavy atom. The topological polar surface area (TPSA) is 158 Å². The predicted molar refractivity (Wildman–Crippen MR) is 99.7 cm³/mol. The van der Waals surface area contributed by atoms with Crippen molar-refractivity contribution in [2.75, 3.05) is 93.5 Å². The lowest BCUT2D eigenvalue weighted by atomic mass is 10.7. The van der Waals surface area contributed by atoms with E-state index in [1.54, 1.807) is 0 Å². The number of ether oxygens (including phenoxy) is 5. The van der Waals surface area contributed by atoms with Crippen LogP contribution >= 0.6 is 15.6 Å². The fourth-order valence-electron chi connectivity index (χ4n) is 1.51. The molecule has 29 heavy (non-hydrogen) atoms. The maximum Gasteiger partial charge on any atom is 0.471 e. The van der Waals surface area contributed by atoms with Gasteiger partial charge in [-0.15, -0.1) is 0 Å². The van der Waals surface area contributed by atoms with E-state index >= 15 is 0 Å². The molecular weight excluding hydrogens is 438 g/mol. The van der Waals surface area contributed by atoms with Gasteiger partial charge in [-0.05, 0) is 0 Å². The molecule has 0 bridgehead atoms. The van der Waals surface area contributed by atoms with Gasteiger partial charge in [0.2, 0.25) is 0 Å². The van der Waals surface area contributed by atoms with Crippen LogP contribution in [0.2, 0.25) is 0 Å². The molecule has 0 saturated heterocycles. The molecule has 0 saturated carbocycles. The van der Waals surface area contributed by atoms with Gasteiger partial charge in [-0.3, -0.25) is 18.1 Å². The van der Waals surface area contributed by atoms with Gasteiger partial charge in [0.15, 0.2) is 0 Å². The molecule has 2 unspecified atom stereocenters. The molecule has 0 aromatic carbocycles. The smallest absolute Gasteiger partial charge is 0.377 e. The van der Waals surface area contributed by atoms with E-state index in [9.17, 15) is 9.13 Å². The predicted octanol–water partition coefficient (Wildman–Crippen LogP) is 0.596. The number of phosphoric acid groups is 2. The third-order valence-electron chi connectivity index (χ3n) is 2.91. The Bertz CT molecular complexity index is 425. The van der Waals surface area contributed by atoms with E-state index in [-0.39, 0.29) is 26.4 Å². The summed E-state index contributed by atoms with van der Waals surface area (Å²) in [5.41, 5.74) is 0. The summed E-state index contributed by atoms with van der Waals surface area (Å²) in [7, 11) is -5.72. The fraction of sp³-hybridized carbons (Fsp3) is 1.00. The van der Waals surface area contributed by atoms with Crippen LogP contribution in [0.25, 0.3) is 0 Å². The van der Waals surface area contributed by atoms with Gasteiger partial charge >= 0.3 is 15.6 Å². The lowest BCUT2D eigenvalue weighted by molar-refractivity contribution is -0.0153. The minimum atomic E-state index is -3.94. The van der Waals surface area contributed by atoms with Gasteiger partial charge in [0, 0.05) is 14.2 Å². The van der Waals surface area contributed by atoms with Gasteiger partial charge < -0.3 is 33.5 Å². The van der Waals surface area contributed by atoms with Crippen LogP contribution in [0.3, 0.4) is 0 Å². The fourth-order valence-corrected chi connectivity index (χ4v) is 2.33. The molecule has 176 valence electrons. The van der Waals surface area contributed by atoms with Crippen LogP contribution < -0.4 is 0 Å². The zero-order valence-electron chi connectivity index (χ0n) is 16.8. The Labute approximate surface area is 170 Å². The first-order valence-electron chi connectivity index (χ1n) is 8.78. The second kappa shape index (κ2) is 18.8. The van der Waals surface area contributed by atoms with Crippen molar-refractivity contribution in [3.8, 4) is 0 Å². The summed E-state index contributed by atoms with van der Waals surface area (Å²) < 4.78 is 65.7. The molecule has 15 heteroatoms. The minimum absolute atomic E-state index is 0.0535. The van der Waals surface area contributed by atoms with Crippen LogP contribution in [0.5, 0.6) is 0 Å². The number of hydrogen-bond acceptors (Lipinski definition) is 11. The quantitative estimate of drug-likeness (QED) is 0.167. The molecule has 0 aliphatic carbocycles. The van der Waals surface area contributed by atoms with Crippen LogP contribution in [-0.4, -0.2) is 103 Å². The van der Waals surface area contributed by atoms with Crippen LogP contribution in [0.4, 0.5) is 0 Å². The van der Waals surface area contributed by atoms with Crippen molar-refractivity contribution >= 4 is 15.6 Å². The van der Waals surface area contributed by atoms with Gasteiger partial charge in [0.25, 0.3) is 0 Å². The molecule has 0 radical (unpaired) electrons. The van der Waals surface area contributed by atoms with E-state index in [0.717, 1.165) is 14.2 Å². The van der Waals surface area contributed by atoms with Gasteiger partial charge in [-0.25, -0.2) is 9.13 Å². The van der Waals surface area contributed by atoms with Gasteiger partial charge in [0.1, 0.15) is 0 Å². The van der Waals surface area contributed by atoms with Crippen molar-refractivity contribution in [3.63, 3.8) is 0 Å². The highest BCUT2D eigenvalue weighted by Gasteiger charge is 2.18. The average molecular weight is 470 g/mol. The Hall–Kier alpha value is 0.0200. The standard InChI is InChI=1S/C14H32O13P2/c1-19-28(15,16)26-13-11-24-9-7-22-5-3-21-4-6-23-8-10-25-12-14-27-29(17,18)20-2/h3-14H2,1-2H3,(H,15,16)(H,17,18). The van der Waals surface area contributed by atoms with E-state index < -0.39 is 15.6 Å². The van der Waals surface area contributed by atoms with Crippen LogP contribution in [0, 0.1) is 0 Å². The minimum Gasteiger partial charge on any atom is -0.377 e. The van der Waals surface area contributed by atoms with Gasteiger partial charge in [-0.1, -0.05) is 0 Å². The number of rotatable bonds is 22. The molecule has 13 nitrogen and oxygen atoms in total. The molecule has 0 aliphatic rings. The van der Waals surface area contributed by atoms with E-state index in [1.165, 1.54) is 0 Å². The normalized spacial score (nSPS) is 15.9. The lowest BCUT2D eigenvalue weighted by Crippen LogP contribution is -2.14. The van der Waals surface area contributed by atoms with Crippen LogP contribution in [0.1, 0.15) is 0 Å². The van der Waals surface area contributed by atoms with Gasteiger partial charge in [-0.2, -0.15) is 0 Å². The molecule has 0 amide bonds. The van der Waals surface area contributed by atoms with Crippen molar-refractivity contribution in [1.29, 1.82) is 0 Å². The van der Waals surface area contributed by atoms with E-state index in [0.29, 0.717) is 52.9 Å². The Morgan fingerprint density at radius 2 is 0.690 bits per heavy atom. The summed E-state index contributed by atoms with van der Waals surface area (Å²) in [6.45, 7) is 3.16. The van der Waals surface area contributed by atoms with E-state index in [4.69, 9.17) is 33.5 Å². The monoisotopic (exact) mass is 470 g/mol. The zero-order chi connectivity index (χ0) is 21.8. The Morgan fingerprint density at radius 1 is 0.483 bits per heavy atom. The maximum absolute atomic E-state index is 11.0. The average Bonchev–Trinajstić information content (AvgIpc) is 2.69. The molecule has 2 N–H and O–H groups in total. The van der Waals surface area contributed by atoms with Crippen LogP contribution in [0.15, 0.2) is 0 Å². The first kappa shape index (κ1) is 29.0. The molecule has 0 heterocycles. The van der Waals surface area contributed by atoms with Crippen molar-refractivity contribution in [2.45, 2.75) is 0 Å². The molecule has 0 spiro atoms. The summed E-state index contributed by atoms with van der Waals surface area (Å²) in [5, 5.41) is 0. The maximum atomic E-state index is 11.0. The first-order chi connectivity index (χ1) is 13.8. The number of hydrogen-bond donors (Lipinski definition) is 2. The highest BCUT2D eigenvalue weighted by Crippen LogP contribution is 2.42. The van der Waals surface area contributed by atoms with Crippen molar-refractivity contribution in [2.24, 2.45) is 0 Å². The number of phosphoric ester groups is 2. The molecule has 0 aliphatic heterocycles. The third kappa shape index (κ3) is 21.1. The van der Waals surface area contributed by atoms with Crippen molar-refractivity contribution < 1.29 is 60.7 Å². The summed E-state index contributed by atoms with van der Waals surface area (Å²) in [5.74, 6) is 0. The summed E-state index contributed by atoms with van der Waals surface area (Å²) in [6.07, 6.45) is 0. The lowest BCUT2D eigenvalue weighted by Gasteiger charge is -2.10.